The molecule has 2 aromatic carbocycles. The van der Waals surface area contributed by atoms with Gasteiger partial charge in [-0.3, -0.25) is 4.79 Å². The molecule has 0 bridgehead atoms. The summed E-state index contributed by atoms with van der Waals surface area (Å²) < 4.78 is 37.6. The van der Waals surface area contributed by atoms with Gasteiger partial charge in [-0.15, -0.1) is 0 Å². The minimum absolute atomic E-state index is 0.0900. The Balaban J connectivity index is 1.52. The number of urea groups is 1. The van der Waals surface area contributed by atoms with Gasteiger partial charge in [0.25, 0.3) is 0 Å². The first-order valence-corrected chi connectivity index (χ1v) is 16.4. The Morgan fingerprint density at radius 3 is 2.33 bits per heavy atom. The molecule has 1 fully saturated rings. The van der Waals surface area contributed by atoms with Crippen LogP contribution >= 0.6 is 0 Å². The topological polar surface area (TPSA) is 67.7 Å². The lowest BCUT2D eigenvalue weighted by atomic mass is 9.87. The molecule has 0 aliphatic carbocycles. The Labute approximate surface area is 228 Å². The molecule has 3 amide bonds. The maximum atomic E-state index is 15.1. The molecular formula is C29H32F2N4O3Si. The minimum Gasteiger partial charge on any atom is -0.360 e. The van der Waals surface area contributed by atoms with Crippen LogP contribution in [0.4, 0.5) is 19.3 Å². The smallest absolute Gasteiger partial charge is 0.332 e. The quantitative estimate of drug-likeness (QED) is 0.219. The lowest BCUT2D eigenvalue weighted by Crippen LogP contribution is -2.60. The van der Waals surface area contributed by atoms with Crippen LogP contribution in [0, 0.1) is 23.5 Å². The number of nitrogens with zero attached hydrogens (tertiary/aromatic N) is 4. The summed E-state index contributed by atoms with van der Waals surface area (Å²) in [5.74, 6) is 2.74. The van der Waals surface area contributed by atoms with Crippen LogP contribution in [-0.2, 0) is 21.8 Å². The highest BCUT2D eigenvalue weighted by molar-refractivity contribution is 6.76. The van der Waals surface area contributed by atoms with Crippen LogP contribution in [0.3, 0.4) is 0 Å². The molecule has 0 N–H and O–H groups in total. The largest absolute Gasteiger partial charge is 0.360 e. The molecule has 0 saturated carbocycles. The predicted octanol–water partition coefficient (Wildman–Crippen LogP) is 5.58. The van der Waals surface area contributed by atoms with Crippen molar-refractivity contribution < 1.29 is 23.1 Å². The van der Waals surface area contributed by atoms with E-state index in [1.165, 1.54) is 11.9 Å². The highest BCUT2D eigenvalue weighted by Gasteiger charge is 2.48. The second kappa shape index (κ2) is 11.1. The number of hydrogen-bond donors (Lipinski definition) is 0. The van der Waals surface area contributed by atoms with E-state index in [0.717, 1.165) is 18.2 Å². The molecule has 0 unspecified atom stereocenters. The number of imide groups is 1. The van der Waals surface area contributed by atoms with Gasteiger partial charge in [-0.25, -0.2) is 23.2 Å². The van der Waals surface area contributed by atoms with Gasteiger partial charge < -0.3 is 9.64 Å². The monoisotopic (exact) mass is 550 g/mol. The molecule has 2 heterocycles. The van der Waals surface area contributed by atoms with Gasteiger partial charge in [-0.05, 0) is 37.2 Å². The van der Waals surface area contributed by atoms with E-state index >= 15 is 8.78 Å². The number of carbonyl (C=O) groups excluding carboxylic acids is 2. The van der Waals surface area contributed by atoms with Crippen LogP contribution in [0.2, 0.25) is 25.7 Å². The number of hydrogen-bond acceptors (Lipinski definition) is 4. The van der Waals surface area contributed by atoms with Gasteiger partial charge >= 0.3 is 6.03 Å². The number of halogens is 2. The van der Waals surface area contributed by atoms with Crippen molar-refractivity contribution in [3.63, 3.8) is 0 Å². The molecule has 1 aromatic heterocycles. The van der Waals surface area contributed by atoms with Crippen molar-refractivity contribution >= 4 is 25.7 Å². The number of carbonyl (C=O) groups is 2. The molecule has 4 rings (SSSR count). The van der Waals surface area contributed by atoms with E-state index in [9.17, 15) is 9.59 Å². The van der Waals surface area contributed by atoms with E-state index in [1.54, 1.807) is 48.3 Å². The fraction of sp³-hybridized carbons (Fsp3) is 0.345. The minimum atomic E-state index is -1.22. The van der Waals surface area contributed by atoms with E-state index in [2.05, 4.69) is 36.6 Å². The lowest BCUT2D eigenvalue weighted by Gasteiger charge is -2.45. The summed E-state index contributed by atoms with van der Waals surface area (Å²) >= 11 is 0. The maximum Gasteiger partial charge on any atom is 0.332 e. The summed E-state index contributed by atoms with van der Waals surface area (Å²) in [6.07, 6.45) is 3.12. The third kappa shape index (κ3) is 6.27. The van der Waals surface area contributed by atoms with Crippen molar-refractivity contribution in [3.8, 4) is 11.8 Å². The fourth-order valence-electron chi connectivity index (χ4n) is 4.24. The van der Waals surface area contributed by atoms with Crippen molar-refractivity contribution in [2.24, 2.45) is 0 Å². The Morgan fingerprint density at radius 2 is 1.69 bits per heavy atom. The van der Waals surface area contributed by atoms with Gasteiger partial charge in [-0.1, -0.05) is 49.7 Å². The fourth-order valence-corrected chi connectivity index (χ4v) is 5.00. The average Bonchev–Trinajstić information content (AvgIpc) is 3.35. The van der Waals surface area contributed by atoms with Gasteiger partial charge in [0, 0.05) is 44.6 Å². The number of rotatable bonds is 7. The van der Waals surface area contributed by atoms with Gasteiger partial charge in [0.1, 0.15) is 12.4 Å². The first kappa shape index (κ1) is 28.2. The highest BCUT2D eigenvalue weighted by atomic mass is 28.3. The zero-order valence-electron chi connectivity index (χ0n) is 22.8. The van der Waals surface area contributed by atoms with Crippen LogP contribution in [-0.4, -0.2) is 48.3 Å². The molecule has 0 radical (unpaired) electrons. The lowest BCUT2D eigenvalue weighted by molar-refractivity contribution is -0.122. The third-order valence-corrected chi connectivity index (χ3v) is 8.51. The Hall–Kier alpha value is -3.81. The van der Waals surface area contributed by atoms with Crippen LogP contribution < -0.4 is 4.90 Å². The number of amides is 3. The molecule has 39 heavy (non-hydrogen) atoms. The molecule has 10 heteroatoms. The van der Waals surface area contributed by atoms with Crippen molar-refractivity contribution in [2.75, 3.05) is 18.6 Å². The second-order valence-electron chi connectivity index (χ2n) is 11.0. The first-order valence-electron chi connectivity index (χ1n) is 12.7. The molecule has 1 saturated heterocycles. The molecular weight excluding hydrogens is 518 g/mol. The van der Waals surface area contributed by atoms with E-state index in [0.29, 0.717) is 22.6 Å². The SMILES string of the molecule is CN1C(=O)N(c2c(F)cc(C#Cc3ccccc3)cc2F)C(=O)C[C@@]1(C)c1cnn(COCC[Si](C)(C)C)c1. The second-order valence-corrected chi connectivity index (χ2v) is 16.7. The number of benzene rings is 2. The van der Waals surface area contributed by atoms with Crippen molar-refractivity contribution in [1.82, 2.24) is 14.7 Å². The van der Waals surface area contributed by atoms with Crippen molar-refractivity contribution in [2.45, 2.75) is 51.3 Å². The summed E-state index contributed by atoms with van der Waals surface area (Å²) in [4.78, 5) is 28.4. The Morgan fingerprint density at radius 1 is 1.05 bits per heavy atom. The Kier molecular flexibility index (Phi) is 8.04. The van der Waals surface area contributed by atoms with Gasteiger partial charge in [0.2, 0.25) is 5.91 Å². The summed E-state index contributed by atoms with van der Waals surface area (Å²) in [6.45, 7) is 9.40. The molecule has 1 aliphatic heterocycles. The van der Waals surface area contributed by atoms with E-state index in [4.69, 9.17) is 4.74 Å². The molecule has 1 aliphatic rings. The van der Waals surface area contributed by atoms with Crippen LogP contribution in [0.1, 0.15) is 30.0 Å². The van der Waals surface area contributed by atoms with E-state index < -0.39 is 42.9 Å². The van der Waals surface area contributed by atoms with Crippen LogP contribution in [0.15, 0.2) is 54.9 Å². The molecule has 3 aromatic rings. The van der Waals surface area contributed by atoms with Crippen molar-refractivity contribution in [3.05, 3.63) is 83.2 Å². The summed E-state index contributed by atoms with van der Waals surface area (Å²) in [5.41, 5.74) is -0.378. The first-order chi connectivity index (χ1) is 18.4. The molecule has 0 spiro atoms. The number of ether oxygens (including phenoxy) is 1. The zero-order valence-corrected chi connectivity index (χ0v) is 23.8. The van der Waals surface area contributed by atoms with Gasteiger partial charge in [-0.2, -0.15) is 5.10 Å². The predicted molar refractivity (Wildman–Crippen MR) is 148 cm³/mol. The van der Waals surface area contributed by atoms with Gasteiger partial charge in [0.15, 0.2) is 11.6 Å². The van der Waals surface area contributed by atoms with Crippen molar-refractivity contribution in [1.29, 1.82) is 0 Å². The standard InChI is InChI=1S/C29H32F2N4O3Si/c1-29(23-18-32-34(19-23)20-38-13-14-39(3,4)5)17-26(36)35(28(37)33(29)2)27-24(30)15-22(16-25(27)31)12-11-21-9-7-6-8-10-21/h6-10,15-16,18-19H,13-14,17,20H2,1-5H3/t29-/m0/s1. The van der Waals surface area contributed by atoms with E-state index in [-0.39, 0.29) is 18.7 Å². The molecule has 204 valence electrons. The zero-order chi connectivity index (χ0) is 28.4. The number of aromatic nitrogens is 2. The maximum absolute atomic E-state index is 15.1. The summed E-state index contributed by atoms with van der Waals surface area (Å²) in [5, 5.41) is 4.32. The Bertz CT molecular complexity index is 1420. The highest BCUT2D eigenvalue weighted by Crippen LogP contribution is 2.39. The van der Waals surface area contributed by atoms with Gasteiger partial charge in [0.05, 0.1) is 18.2 Å². The normalized spacial score (nSPS) is 17.8. The molecule has 7 nitrogen and oxygen atoms in total. The van der Waals surface area contributed by atoms with Crippen LogP contribution in [0.5, 0.6) is 0 Å². The summed E-state index contributed by atoms with van der Waals surface area (Å²) in [6, 6.07) is 11.2. The van der Waals surface area contributed by atoms with Crippen LogP contribution in [0.25, 0.3) is 0 Å². The third-order valence-electron chi connectivity index (χ3n) is 6.80. The summed E-state index contributed by atoms with van der Waals surface area (Å²) in [7, 11) is 0.280. The average molecular weight is 551 g/mol. The molecule has 1 atom stereocenters. The number of anilines is 1. The van der Waals surface area contributed by atoms with E-state index in [1.807, 2.05) is 6.07 Å².